The summed E-state index contributed by atoms with van der Waals surface area (Å²) in [4.78, 5) is 0. The summed E-state index contributed by atoms with van der Waals surface area (Å²) in [5.41, 5.74) is 5.29. The van der Waals surface area contributed by atoms with Gasteiger partial charge < -0.3 is 5.73 Å². The van der Waals surface area contributed by atoms with Gasteiger partial charge in [0.1, 0.15) is 6.54 Å². The number of hydrogen-bond donors (Lipinski definition) is 3. The smallest absolute Gasteiger partial charge is 0.330 e. The molecule has 0 saturated heterocycles. The standard InChI is InChI=1S/C8H18F3N3O2S/c1-6(2)7(3-4-12)14-17(15,16)13-5-8(9,10)11/h6-7,13-14H,3-5,12H2,1-2H3. The average molecular weight is 277 g/mol. The van der Waals surface area contributed by atoms with Crippen molar-refractivity contribution in [2.75, 3.05) is 13.1 Å². The van der Waals surface area contributed by atoms with Crippen LogP contribution in [0.3, 0.4) is 0 Å². The Morgan fingerprint density at radius 1 is 1.29 bits per heavy atom. The Hall–Kier alpha value is -0.380. The molecule has 0 spiro atoms. The van der Waals surface area contributed by atoms with Crippen molar-refractivity contribution >= 4 is 10.2 Å². The van der Waals surface area contributed by atoms with Gasteiger partial charge in [0.25, 0.3) is 10.2 Å². The number of halogens is 3. The van der Waals surface area contributed by atoms with E-state index in [0.29, 0.717) is 6.42 Å². The van der Waals surface area contributed by atoms with Crippen LogP contribution in [0.25, 0.3) is 0 Å². The minimum Gasteiger partial charge on any atom is -0.330 e. The molecule has 0 bridgehead atoms. The number of rotatable bonds is 7. The molecular formula is C8H18F3N3O2S. The van der Waals surface area contributed by atoms with E-state index >= 15 is 0 Å². The number of hydrogen-bond acceptors (Lipinski definition) is 3. The Morgan fingerprint density at radius 3 is 2.18 bits per heavy atom. The predicted molar refractivity (Wildman–Crippen MR) is 58.4 cm³/mol. The summed E-state index contributed by atoms with van der Waals surface area (Å²) < 4.78 is 61.8. The molecule has 9 heteroatoms. The fourth-order valence-corrected chi connectivity index (χ4v) is 2.35. The topological polar surface area (TPSA) is 84.2 Å². The quantitative estimate of drug-likeness (QED) is 0.627. The van der Waals surface area contributed by atoms with Crippen molar-refractivity contribution in [3.8, 4) is 0 Å². The molecule has 0 aliphatic heterocycles. The molecule has 4 N–H and O–H groups in total. The summed E-state index contributed by atoms with van der Waals surface area (Å²) in [5.74, 6) is -0.0546. The van der Waals surface area contributed by atoms with E-state index in [4.69, 9.17) is 5.73 Å². The van der Waals surface area contributed by atoms with Crippen LogP contribution in [-0.4, -0.2) is 33.7 Å². The molecule has 0 fully saturated rings. The predicted octanol–water partition coefficient (Wildman–Crippen LogP) is 0.346. The van der Waals surface area contributed by atoms with Gasteiger partial charge in [0.15, 0.2) is 0 Å². The highest BCUT2D eigenvalue weighted by molar-refractivity contribution is 7.87. The molecule has 1 unspecified atom stereocenters. The molecule has 0 heterocycles. The van der Waals surface area contributed by atoms with Gasteiger partial charge in [0, 0.05) is 6.04 Å². The molecule has 0 aromatic carbocycles. The largest absolute Gasteiger partial charge is 0.402 e. The third kappa shape index (κ3) is 8.36. The molecule has 17 heavy (non-hydrogen) atoms. The Morgan fingerprint density at radius 2 is 1.82 bits per heavy atom. The lowest BCUT2D eigenvalue weighted by molar-refractivity contribution is -0.121. The van der Waals surface area contributed by atoms with E-state index in [9.17, 15) is 21.6 Å². The van der Waals surface area contributed by atoms with Gasteiger partial charge in [0.05, 0.1) is 0 Å². The normalized spacial score (nSPS) is 15.2. The van der Waals surface area contributed by atoms with Crippen molar-refractivity contribution in [3.05, 3.63) is 0 Å². The van der Waals surface area contributed by atoms with Crippen LogP contribution in [0.4, 0.5) is 13.2 Å². The molecule has 1 atom stereocenters. The Kier molecular flexibility index (Phi) is 6.38. The molecule has 0 aliphatic carbocycles. The second kappa shape index (κ2) is 6.53. The van der Waals surface area contributed by atoms with E-state index in [1.165, 1.54) is 4.72 Å². The minimum atomic E-state index is -4.57. The molecule has 104 valence electrons. The SMILES string of the molecule is CC(C)C(CCN)NS(=O)(=O)NCC(F)(F)F. The van der Waals surface area contributed by atoms with E-state index in [0.717, 1.165) is 0 Å². The van der Waals surface area contributed by atoms with E-state index < -0.39 is 29.0 Å². The van der Waals surface area contributed by atoms with Crippen LogP contribution in [0.15, 0.2) is 0 Å². The van der Waals surface area contributed by atoms with Crippen molar-refractivity contribution in [1.29, 1.82) is 0 Å². The van der Waals surface area contributed by atoms with Crippen LogP contribution in [0.5, 0.6) is 0 Å². The van der Waals surface area contributed by atoms with Gasteiger partial charge >= 0.3 is 6.18 Å². The van der Waals surface area contributed by atoms with Gasteiger partial charge in [0.2, 0.25) is 0 Å². The first-order chi connectivity index (χ1) is 7.57. The van der Waals surface area contributed by atoms with Gasteiger partial charge in [-0.2, -0.15) is 31.0 Å². The summed E-state index contributed by atoms with van der Waals surface area (Å²) in [5, 5.41) is 0. The third-order valence-electron chi connectivity index (χ3n) is 2.05. The molecule has 0 amide bonds. The van der Waals surface area contributed by atoms with Crippen LogP contribution < -0.4 is 15.2 Å². The third-order valence-corrected chi connectivity index (χ3v) is 3.19. The summed E-state index contributed by atoms with van der Waals surface area (Å²) in [6.45, 7) is 2.18. The van der Waals surface area contributed by atoms with Gasteiger partial charge in [-0.1, -0.05) is 13.8 Å². The average Bonchev–Trinajstić information content (AvgIpc) is 2.13. The first-order valence-electron chi connectivity index (χ1n) is 5.11. The van der Waals surface area contributed by atoms with Gasteiger partial charge in [-0.15, -0.1) is 0 Å². The maximum absolute atomic E-state index is 11.9. The van der Waals surface area contributed by atoms with Crippen LogP contribution in [0.1, 0.15) is 20.3 Å². The van der Waals surface area contributed by atoms with E-state index in [2.05, 4.69) is 4.72 Å². The van der Waals surface area contributed by atoms with Crippen molar-refractivity contribution in [2.24, 2.45) is 11.7 Å². The summed E-state index contributed by atoms with van der Waals surface area (Å²) >= 11 is 0. The highest BCUT2D eigenvalue weighted by atomic mass is 32.2. The van der Waals surface area contributed by atoms with Crippen LogP contribution in [0, 0.1) is 5.92 Å². The molecule has 0 saturated carbocycles. The van der Waals surface area contributed by atoms with Crippen LogP contribution in [-0.2, 0) is 10.2 Å². The Bertz CT molecular complexity index is 316. The Balaban J connectivity index is 4.41. The zero-order valence-electron chi connectivity index (χ0n) is 9.71. The number of nitrogens with one attached hydrogen (secondary N) is 2. The zero-order chi connectivity index (χ0) is 13.7. The molecule has 0 radical (unpaired) electrons. The van der Waals surface area contributed by atoms with Crippen molar-refractivity contribution < 1.29 is 21.6 Å². The maximum atomic E-state index is 11.9. The van der Waals surface area contributed by atoms with Gasteiger partial charge in [-0.05, 0) is 18.9 Å². The molecule has 0 aromatic heterocycles. The second-order valence-corrected chi connectivity index (χ2v) is 5.52. The zero-order valence-corrected chi connectivity index (χ0v) is 10.5. The fraction of sp³-hybridized carbons (Fsp3) is 1.00. The molecular weight excluding hydrogens is 259 g/mol. The summed E-state index contributed by atoms with van der Waals surface area (Å²) in [6.07, 6.45) is -4.21. The van der Waals surface area contributed by atoms with Crippen molar-refractivity contribution in [3.63, 3.8) is 0 Å². The molecule has 0 rings (SSSR count). The minimum absolute atomic E-state index is 0.0546. The summed E-state index contributed by atoms with van der Waals surface area (Å²) in [6, 6.07) is -0.481. The van der Waals surface area contributed by atoms with Crippen molar-refractivity contribution in [1.82, 2.24) is 9.44 Å². The van der Waals surface area contributed by atoms with E-state index in [-0.39, 0.29) is 12.5 Å². The highest BCUT2D eigenvalue weighted by Gasteiger charge is 2.30. The molecule has 5 nitrogen and oxygen atoms in total. The molecule has 0 aliphatic rings. The number of nitrogens with two attached hydrogens (primary N) is 1. The molecule has 0 aromatic rings. The lowest BCUT2D eigenvalue weighted by atomic mass is 10.0. The Labute approximate surface area is 99.1 Å². The van der Waals surface area contributed by atoms with Gasteiger partial charge in [-0.3, -0.25) is 0 Å². The van der Waals surface area contributed by atoms with Crippen LogP contribution in [0.2, 0.25) is 0 Å². The lowest BCUT2D eigenvalue weighted by Gasteiger charge is -2.22. The number of alkyl halides is 3. The van der Waals surface area contributed by atoms with Crippen molar-refractivity contribution in [2.45, 2.75) is 32.5 Å². The highest BCUT2D eigenvalue weighted by Crippen LogP contribution is 2.13. The fourth-order valence-electron chi connectivity index (χ4n) is 1.13. The maximum Gasteiger partial charge on any atom is 0.402 e. The van der Waals surface area contributed by atoms with Gasteiger partial charge in [-0.25, -0.2) is 0 Å². The second-order valence-electron chi connectivity index (χ2n) is 3.99. The summed E-state index contributed by atoms with van der Waals surface area (Å²) in [7, 11) is -4.16. The van der Waals surface area contributed by atoms with E-state index in [1.807, 2.05) is 0 Å². The first kappa shape index (κ1) is 16.6. The van der Waals surface area contributed by atoms with Crippen LogP contribution >= 0.6 is 0 Å². The first-order valence-corrected chi connectivity index (χ1v) is 6.59. The van der Waals surface area contributed by atoms with E-state index in [1.54, 1.807) is 13.8 Å². The lowest BCUT2D eigenvalue weighted by Crippen LogP contribution is -2.47. The monoisotopic (exact) mass is 277 g/mol.